The number of hydrogen-bond acceptors (Lipinski definition) is 4. The minimum Gasteiger partial charge on any atom is -0.508 e. The molecule has 26 heavy (non-hydrogen) atoms. The van der Waals surface area contributed by atoms with Gasteiger partial charge in [-0.05, 0) is 40.6 Å². The molecule has 1 amide bonds. The normalized spacial score (nSPS) is 11.7. The van der Waals surface area contributed by atoms with Gasteiger partial charge in [0.15, 0.2) is 0 Å². The van der Waals surface area contributed by atoms with Crippen molar-refractivity contribution in [3.05, 3.63) is 77.9 Å². The van der Waals surface area contributed by atoms with Gasteiger partial charge in [0.2, 0.25) is 0 Å². The first-order valence-electron chi connectivity index (χ1n) is 8.22. The Balaban J connectivity index is 1.79. The lowest BCUT2D eigenvalue weighted by molar-refractivity contribution is -0.142. The molecule has 0 spiro atoms. The molecule has 0 aliphatic heterocycles. The third-order valence-corrected chi connectivity index (χ3v) is 4.17. The summed E-state index contributed by atoms with van der Waals surface area (Å²) in [5, 5.41) is 14.2. The highest BCUT2D eigenvalue weighted by Crippen LogP contribution is 2.17. The molecule has 5 heteroatoms. The maximum Gasteiger partial charge on any atom is 0.328 e. The molecule has 3 aromatic carbocycles. The summed E-state index contributed by atoms with van der Waals surface area (Å²) in [5.41, 5.74) is 1.28. The van der Waals surface area contributed by atoms with E-state index < -0.39 is 17.9 Å². The number of rotatable bonds is 5. The van der Waals surface area contributed by atoms with Crippen molar-refractivity contribution in [3.8, 4) is 5.75 Å². The summed E-state index contributed by atoms with van der Waals surface area (Å²) in [6.45, 7) is 0. The van der Waals surface area contributed by atoms with Crippen molar-refractivity contribution >= 4 is 22.6 Å². The molecule has 0 aromatic heterocycles. The lowest BCUT2D eigenvalue weighted by Crippen LogP contribution is -2.43. The summed E-state index contributed by atoms with van der Waals surface area (Å²) in [4.78, 5) is 24.5. The van der Waals surface area contributed by atoms with Crippen molar-refractivity contribution < 1.29 is 19.4 Å². The van der Waals surface area contributed by atoms with E-state index in [0.717, 1.165) is 16.3 Å². The second-order valence-corrected chi connectivity index (χ2v) is 5.98. The minimum atomic E-state index is -0.803. The van der Waals surface area contributed by atoms with Gasteiger partial charge in [0.05, 0.1) is 7.11 Å². The fourth-order valence-corrected chi connectivity index (χ4v) is 2.79. The van der Waals surface area contributed by atoms with Crippen molar-refractivity contribution in [2.75, 3.05) is 7.11 Å². The van der Waals surface area contributed by atoms with Crippen LogP contribution in [0.2, 0.25) is 0 Å². The van der Waals surface area contributed by atoms with Gasteiger partial charge in [-0.25, -0.2) is 4.79 Å². The maximum absolute atomic E-state index is 12.4. The number of nitrogens with one attached hydrogen (secondary N) is 1. The Labute approximate surface area is 151 Å². The third-order valence-electron chi connectivity index (χ3n) is 4.17. The summed E-state index contributed by atoms with van der Waals surface area (Å²) in [7, 11) is 1.29. The molecule has 0 heterocycles. The molecule has 0 aliphatic rings. The summed E-state index contributed by atoms with van der Waals surface area (Å²) in [6.07, 6.45) is 0.321. The second kappa shape index (κ2) is 7.70. The highest BCUT2D eigenvalue weighted by molar-refractivity contribution is 5.97. The van der Waals surface area contributed by atoms with Gasteiger partial charge in [-0.2, -0.15) is 0 Å². The number of aromatic hydroxyl groups is 1. The summed E-state index contributed by atoms with van der Waals surface area (Å²) in [6, 6.07) is 18.9. The van der Waals surface area contributed by atoms with Crippen LogP contribution in [0.1, 0.15) is 15.9 Å². The maximum atomic E-state index is 12.4. The SMILES string of the molecule is COC(=O)[C@H](Cc1ccc2ccccc2c1)NC(=O)c1ccc(O)cc1. The standard InChI is InChI=1S/C21H19NO4/c1-26-21(25)19(22-20(24)16-8-10-18(23)11-9-16)13-14-6-7-15-4-2-3-5-17(15)12-14/h2-12,19,23H,13H2,1H3,(H,22,24)/t19-/m0/s1. The number of hydrogen-bond donors (Lipinski definition) is 2. The number of carbonyl (C=O) groups is 2. The third kappa shape index (κ3) is 4.00. The Morgan fingerprint density at radius 1 is 1.00 bits per heavy atom. The molecular weight excluding hydrogens is 330 g/mol. The van der Waals surface area contributed by atoms with E-state index in [4.69, 9.17) is 4.74 Å². The Morgan fingerprint density at radius 3 is 2.38 bits per heavy atom. The van der Waals surface area contributed by atoms with Crippen LogP contribution in [0.3, 0.4) is 0 Å². The van der Waals surface area contributed by atoms with E-state index in [2.05, 4.69) is 5.32 Å². The van der Waals surface area contributed by atoms with Crippen molar-refractivity contribution in [3.63, 3.8) is 0 Å². The summed E-state index contributed by atoms with van der Waals surface area (Å²) < 4.78 is 4.83. The van der Waals surface area contributed by atoms with E-state index in [0.29, 0.717) is 12.0 Å². The molecule has 0 bridgehead atoms. The largest absolute Gasteiger partial charge is 0.508 e. The van der Waals surface area contributed by atoms with Crippen LogP contribution in [0, 0.1) is 0 Å². The lowest BCUT2D eigenvalue weighted by Gasteiger charge is -2.17. The first-order chi connectivity index (χ1) is 12.6. The van der Waals surface area contributed by atoms with Crippen LogP contribution in [0.4, 0.5) is 0 Å². The van der Waals surface area contributed by atoms with Crippen molar-refractivity contribution in [2.45, 2.75) is 12.5 Å². The number of benzene rings is 3. The number of ether oxygens (including phenoxy) is 1. The van der Waals surface area contributed by atoms with Crippen LogP contribution >= 0.6 is 0 Å². The molecule has 3 aromatic rings. The number of esters is 1. The second-order valence-electron chi connectivity index (χ2n) is 5.98. The number of methoxy groups -OCH3 is 1. The Morgan fingerprint density at radius 2 is 1.69 bits per heavy atom. The number of phenols is 1. The van der Waals surface area contributed by atoms with Gasteiger partial charge in [-0.15, -0.1) is 0 Å². The minimum absolute atomic E-state index is 0.0715. The van der Waals surface area contributed by atoms with Crippen molar-refractivity contribution in [1.82, 2.24) is 5.32 Å². The van der Waals surface area contributed by atoms with Crippen LogP contribution in [-0.4, -0.2) is 30.1 Å². The van der Waals surface area contributed by atoms with Gasteiger partial charge in [0, 0.05) is 12.0 Å². The topological polar surface area (TPSA) is 75.6 Å². The fraction of sp³-hybridized carbons (Fsp3) is 0.143. The molecule has 0 unspecified atom stereocenters. The number of amides is 1. The fourth-order valence-electron chi connectivity index (χ4n) is 2.79. The van der Waals surface area contributed by atoms with Crippen LogP contribution in [0.25, 0.3) is 10.8 Å². The van der Waals surface area contributed by atoms with E-state index >= 15 is 0 Å². The van der Waals surface area contributed by atoms with Gasteiger partial charge in [-0.3, -0.25) is 4.79 Å². The van der Waals surface area contributed by atoms with E-state index in [9.17, 15) is 14.7 Å². The van der Waals surface area contributed by atoms with Crippen LogP contribution in [-0.2, 0) is 16.0 Å². The summed E-state index contributed by atoms with van der Waals surface area (Å²) >= 11 is 0. The van der Waals surface area contributed by atoms with Gasteiger partial charge < -0.3 is 15.2 Å². The van der Waals surface area contributed by atoms with Crippen LogP contribution in [0.5, 0.6) is 5.75 Å². The molecule has 0 aliphatic carbocycles. The van der Waals surface area contributed by atoms with Gasteiger partial charge in [0.25, 0.3) is 5.91 Å². The van der Waals surface area contributed by atoms with Gasteiger partial charge >= 0.3 is 5.97 Å². The van der Waals surface area contributed by atoms with Crippen molar-refractivity contribution in [1.29, 1.82) is 0 Å². The van der Waals surface area contributed by atoms with Gasteiger partial charge in [-0.1, -0.05) is 42.5 Å². The molecule has 0 radical (unpaired) electrons. The molecule has 2 N–H and O–H groups in total. The zero-order chi connectivity index (χ0) is 18.5. The Hall–Kier alpha value is -3.34. The zero-order valence-corrected chi connectivity index (χ0v) is 14.3. The smallest absolute Gasteiger partial charge is 0.328 e. The number of fused-ring (bicyclic) bond motifs is 1. The quantitative estimate of drug-likeness (QED) is 0.694. The molecule has 5 nitrogen and oxygen atoms in total. The van der Waals surface area contributed by atoms with Crippen molar-refractivity contribution in [2.24, 2.45) is 0 Å². The molecule has 3 rings (SSSR count). The highest BCUT2D eigenvalue weighted by atomic mass is 16.5. The Bertz CT molecular complexity index is 934. The molecule has 132 valence electrons. The van der Waals surface area contributed by atoms with E-state index in [1.807, 2.05) is 42.5 Å². The van der Waals surface area contributed by atoms with Crippen LogP contribution in [0.15, 0.2) is 66.7 Å². The van der Waals surface area contributed by atoms with E-state index in [1.54, 1.807) is 0 Å². The zero-order valence-electron chi connectivity index (χ0n) is 14.3. The van der Waals surface area contributed by atoms with Crippen LogP contribution < -0.4 is 5.32 Å². The predicted molar refractivity (Wildman–Crippen MR) is 99.0 cm³/mol. The van der Waals surface area contributed by atoms with Gasteiger partial charge in [0.1, 0.15) is 11.8 Å². The molecule has 0 fully saturated rings. The molecule has 0 saturated heterocycles. The number of phenolic OH excluding ortho intramolecular Hbond substituents is 1. The predicted octanol–water partition coefficient (Wildman–Crippen LogP) is 3.06. The molecule has 1 atom stereocenters. The average Bonchev–Trinajstić information content (AvgIpc) is 2.67. The Kier molecular flexibility index (Phi) is 5.17. The number of carbonyl (C=O) groups excluding carboxylic acids is 2. The average molecular weight is 349 g/mol. The molecular formula is C21H19NO4. The first-order valence-corrected chi connectivity index (χ1v) is 8.22. The summed E-state index contributed by atoms with van der Waals surface area (Å²) in [5.74, 6) is -0.839. The first kappa shape index (κ1) is 17.5. The highest BCUT2D eigenvalue weighted by Gasteiger charge is 2.22. The monoisotopic (exact) mass is 349 g/mol. The van der Waals surface area contributed by atoms with E-state index in [1.165, 1.54) is 31.4 Å². The molecule has 0 saturated carbocycles. The lowest BCUT2D eigenvalue weighted by atomic mass is 10.0. The van der Waals surface area contributed by atoms with E-state index in [-0.39, 0.29) is 5.75 Å².